The van der Waals surface area contributed by atoms with E-state index < -0.39 is 66.8 Å². The molecule has 0 aromatic heterocycles. The second-order valence-corrected chi connectivity index (χ2v) is 7.73. The van der Waals surface area contributed by atoms with Crippen LogP contribution in [-0.2, 0) is 4.74 Å². The third-order valence-corrected chi connectivity index (χ3v) is 5.53. The summed E-state index contributed by atoms with van der Waals surface area (Å²) in [7, 11) is 0. The molecule has 8 N–H and O–H groups in total. The van der Waals surface area contributed by atoms with E-state index in [1.807, 2.05) is 0 Å². The molecule has 0 spiro atoms. The number of carbonyl (C=O) groups is 1. The number of benzene rings is 2. The number of rotatable bonds is 4. The van der Waals surface area contributed by atoms with Crippen LogP contribution in [0.15, 0.2) is 30.3 Å². The van der Waals surface area contributed by atoms with Crippen LogP contribution in [0.1, 0.15) is 22.0 Å². The van der Waals surface area contributed by atoms with Crippen LogP contribution in [0.25, 0.3) is 0 Å². The predicted octanol–water partition coefficient (Wildman–Crippen LogP) is -1.34. The van der Waals surface area contributed by atoms with E-state index in [2.05, 4.69) is 0 Å². The van der Waals surface area contributed by atoms with Crippen LogP contribution in [-0.4, -0.2) is 90.1 Å². The van der Waals surface area contributed by atoms with E-state index in [-0.39, 0.29) is 28.4 Å². The lowest BCUT2D eigenvalue weighted by Crippen LogP contribution is -2.60. The van der Waals surface area contributed by atoms with E-state index in [1.165, 1.54) is 12.1 Å². The molecule has 2 heterocycles. The molecule has 0 radical (unpaired) electrons. The van der Waals surface area contributed by atoms with Crippen molar-refractivity contribution in [2.24, 2.45) is 0 Å². The van der Waals surface area contributed by atoms with Crippen LogP contribution >= 0.6 is 0 Å². The number of ether oxygens (including phenoxy) is 3. The van der Waals surface area contributed by atoms with Crippen LogP contribution in [0.4, 0.5) is 0 Å². The minimum absolute atomic E-state index is 0.140. The molecule has 12 nitrogen and oxygen atoms in total. The van der Waals surface area contributed by atoms with Crippen molar-refractivity contribution < 1.29 is 59.9 Å². The molecule has 0 unspecified atom stereocenters. The Morgan fingerprint density at radius 3 is 2.33 bits per heavy atom. The molecule has 7 atom stereocenters. The highest BCUT2D eigenvalue weighted by Crippen LogP contribution is 2.43. The second-order valence-electron chi connectivity index (χ2n) is 7.73. The van der Waals surface area contributed by atoms with Gasteiger partial charge in [0.25, 0.3) is 0 Å². The van der Waals surface area contributed by atoms with Crippen molar-refractivity contribution in [1.29, 1.82) is 0 Å². The van der Waals surface area contributed by atoms with Gasteiger partial charge in [-0.2, -0.15) is 0 Å². The summed E-state index contributed by atoms with van der Waals surface area (Å²) in [6.45, 7) is -0.680. The normalized spacial score (nSPS) is 31.5. The number of aromatic hydroxyl groups is 3. The topological polar surface area (TPSA) is 207 Å². The van der Waals surface area contributed by atoms with Gasteiger partial charge in [0.15, 0.2) is 23.7 Å². The van der Waals surface area contributed by atoms with Crippen molar-refractivity contribution in [1.82, 2.24) is 0 Å². The molecule has 2 aliphatic heterocycles. The molecule has 1 fully saturated rings. The first-order valence-electron chi connectivity index (χ1n) is 9.87. The van der Waals surface area contributed by atoms with Gasteiger partial charge in [-0.15, -0.1) is 0 Å². The number of phenolic OH excluding ortho intramolecular Hbond substituents is 3. The van der Waals surface area contributed by atoms with Gasteiger partial charge in [-0.1, -0.05) is 6.07 Å². The van der Waals surface area contributed by atoms with Crippen molar-refractivity contribution in [2.45, 2.75) is 42.9 Å². The molecule has 12 heteroatoms. The highest BCUT2D eigenvalue weighted by molar-refractivity contribution is 6.05. The van der Waals surface area contributed by atoms with Gasteiger partial charge in [-0.3, -0.25) is 4.79 Å². The van der Waals surface area contributed by atoms with Crippen molar-refractivity contribution in [3.8, 4) is 28.7 Å². The van der Waals surface area contributed by atoms with Gasteiger partial charge in [0.1, 0.15) is 47.2 Å². The van der Waals surface area contributed by atoms with Crippen molar-refractivity contribution in [2.75, 3.05) is 6.61 Å². The Balaban J connectivity index is 1.63. The van der Waals surface area contributed by atoms with Crippen LogP contribution in [0.3, 0.4) is 0 Å². The van der Waals surface area contributed by atoms with Crippen molar-refractivity contribution >= 4 is 5.78 Å². The lowest BCUT2D eigenvalue weighted by molar-refractivity contribution is -0.277. The zero-order valence-corrected chi connectivity index (χ0v) is 16.8. The van der Waals surface area contributed by atoms with Crippen molar-refractivity contribution in [3.63, 3.8) is 0 Å². The maximum atomic E-state index is 12.6. The van der Waals surface area contributed by atoms with Crippen LogP contribution in [0.5, 0.6) is 28.7 Å². The van der Waals surface area contributed by atoms with Crippen molar-refractivity contribution in [3.05, 3.63) is 41.5 Å². The maximum absolute atomic E-state index is 12.6. The summed E-state index contributed by atoms with van der Waals surface area (Å²) in [6, 6.07) is 5.69. The minimum Gasteiger partial charge on any atom is -0.508 e. The van der Waals surface area contributed by atoms with E-state index >= 15 is 0 Å². The highest BCUT2D eigenvalue weighted by Gasteiger charge is 2.45. The number of phenols is 3. The lowest BCUT2D eigenvalue weighted by Gasteiger charge is -2.39. The van der Waals surface area contributed by atoms with Gasteiger partial charge in [0, 0.05) is 12.1 Å². The number of hydrogen-bond donors (Lipinski definition) is 8. The van der Waals surface area contributed by atoms with Gasteiger partial charge >= 0.3 is 0 Å². The summed E-state index contributed by atoms with van der Waals surface area (Å²) in [5, 5.41) is 79.5. The molecular formula is C21H22O12. The molecule has 0 amide bonds. The van der Waals surface area contributed by atoms with Gasteiger partial charge < -0.3 is 55.1 Å². The summed E-state index contributed by atoms with van der Waals surface area (Å²) in [5.41, 5.74) is -0.158. The van der Waals surface area contributed by atoms with Crippen LogP contribution < -0.4 is 9.47 Å². The largest absolute Gasteiger partial charge is 0.508 e. The number of hydrogen-bond acceptors (Lipinski definition) is 12. The number of aliphatic hydroxyl groups is 5. The smallest absolute Gasteiger partial charge is 0.229 e. The lowest BCUT2D eigenvalue weighted by atomic mass is 9.92. The van der Waals surface area contributed by atoms with E-state index in [0.717, 1.165) is 18.2 Å². The SMILES string of the molecule is O=C1c2c(O)cc(O)cc2O[C@H](c2ccc(O)c(O[C@@H]3O[C@H](CO)[C@@H](O)[C@H](O)[C@H]3O)c2)[C@@H]1O. The number of aliphatic hydroxyl groups excluding tert-OH is 5. The quantitative estimate of drug-likeness (QED) is 0.263. The summed E-state index contributed by atoms with van der Waals surface area (Å²) < 4.78 is 16.3. The molecule has 2 aromatic rings. The first-order valence-corrected chi connectivity index (χ1v) is 9.87. The van der Waals surface area contributed by atoms with Gasteiger partial charge in [-0.05, 0) is 17.7 Å². The Bertz CT molecular complexity index is 1050. The average molecular weight is 466 g/mol. The number of Topliss-reactive ketones (excluding diaryl/α,β-unsaturated/α-hetero) is 1. The number of fused-ring (bicyclic) bond motifs is 1. The first kappa shape index (κ1) is 23.0. The van der Waals surface area contributed by atoms with E-state index in [4.69, 9.17) is 14.2 Å². The standard InChI is InChI=1S/C21H22O12/c22-6-13-15(26)17(28)19(30)21(33-13)32-11-3-7(1-2-9(11)24)20-18(29)16(27)14-10(25)4-8(23)5-12(14)31-20/h1-5,13,15,17-26,28-30H,6H2/t13-,15-,17+,18-,19-,20-,21-/m1/s1. The molecule has 2 aliphatic rings. The summed E-state index contributed by atoms with van der Waals surface area (Å²) >= 11 is 0. The van der Waals surface area contributed by atoms with E-state index in [0.29, 0.717) is 0 Å². The second kappa shape index (κ2) is 8.67. The maximum Gasteiger partial charge on any atom is 0.229 e. The fourth-order valence-corrected chi connectivity index (χ4v) is 3.76. The molecule has 2 aromatic carbocycles. The van der Waals surface area contributed by atoms with Crippen LogP contribution in [0, 0.1) is 0 Å². The summed E-state index contributed by atoms with van der Waals surface area (Å²) in [6.07, 6.45) is -10.9. The van der Waals surface area contributed by atoms with E-state index in [1.54, 1.807) is 0 Å². The van der Waals surface area contributed by atoms with Gasteiger partial charge in [0.2, 0.25) is 12.1 Å². The molecule has 0 saturated carbocycles. The molecule has 178 valence electrons. The fourth-order valence-electron chi connectivity index (χ4n) is 3.76. The number of ketones is 1. The number of carbonyl (C=O) groups excluding carboxylic acids is 1. The first-order chi connectivity index (χ1) is 15.6. The molecule has 33 heavy (non-hydrogen) atoms. The molecule has 0 aliphatic carbocycles. The Kier molecular flexibility index (Phi) is 6.05. The van der Waals surface area contributed by atoms with Gasteiger partial charge in [-0.25, -0.2) is 0 Å². The Morgan fingerprint density at radius 1 is 0.909 bits per heavy atom. The third kappa shape index (κ3) is 4.04. The molecule has 1 saturated heterocycles. The fraction of sp³-hybridized carbons (Fsp3) is 0.381. The molecule has 4 rings (SSSR count). The minimum atomic E-state index is -1.75. The molecule has 0 bridgehead atoms. The zero-order valence-electron chi connectivity index (χ0n) is 16.8. The average Bonchev–Trinajstić information content (AvgIpc) is 2.77. The highest BCUT2D eigenvalue weighted by atomic mass is 16.7. The summed E-state index contributed by atoms with van der Waals surface area (Å²) in [4.78, 5) is 12.6. The third-order valence-electron chi connectivity index (χ3n) is 5.53. The predicted molar refractivity (Wildman–Crippen MR) is 106 cm³/mol. The van der Waals surface area contributed by atoms with Gasteiger partial charge in [0.05, 0.1) is 6.61 Å². The molecular weight excluding hydrogens is 444 g/mol. The zero-order chi connectivity index (χ0) is 24.0. The Labute approximate surface area is 186 Å². The monoisotopic (exact) mass is 466 g/mol. The van der Waals surface area contributed by atoms with E-state index in [9.17, 15) is 45.6 Å². The van der Waals surface area contributed by atoms with Crippen LogP contribution in [0.2, 0.25) is 0 Å². The Morgan fingerprint density at radius 2 is 1.64 bits per heavy atom. The summed E-state index contributed by atoms with van der Waals surface area (Å²) in [5.74, 6) is -2.68. The Hall–Kier alpha value is -3.13.